The first-order valence-corrected chi connectivity index (χ1v) is 13.8. The molecule has 0 saturated carbocycles. The number of carbonyl (C=O) groups excluding carboxylic acids is 1. The van der Waals surface area contributed by atoms with E-state index in [-0.39, 0.29) is 10.8 Å². The number of anilines is 1. The van der Waals surface area contributed by atoms with Crippen LogP contribution in [0, 0.1) is 0 Å². The van der Waals surface area contributed by atoms with E-state index in [1.807, 2.05) is 28.8 Å². The summed E-state index contributed by atoms with van der Waals surface area (Å²) in [5.41, 5.74) is 1.39. The summed E-state index contributed by atoms with van der Waals surface area (Å²) in [7, 11) is -3.79. The summed E-state index contributed by atoms with van der Waals surface area (Å²) in [6, 6.07) is 13.2. The number of hydrogen-bond acceptors (Lipinski definition) is 6. The molecular weight excluding hydrogens is 494 g/mol. The predicted molar refractivity (Wildman–Crippen MR) is 136 cm³/mol. The maximum absolute atomic E-state index is 12.8. The van der Waals surface area contributed by atoms with Gasteiger partial charge in [-0.1, -0.05) is 49.5 Å². The summed E-state index contributed by atoms with van der Waals surface area (Å²) in [5.74, 6) is 0.504. The van der Waals surface area contributed by atoms with Crippen LogP contribution in [0.3, 0.4) is 0 Å². The van der Waals surface area contributed by atoms with E-state index >= 15 is 0 Å². The Balaban J connectivity index is 1.74. The summed E-state index contributed by atoms with van der Waals surface area (Å²) in [5, 5.41) is 17.5. The van der Waals surface area contributed by atoms with Crippen molar-refractivity contribution in [1.29, 1.82) is 0 Å². The number of unbranched alkanes of at least 4 members (excludes halogenated alkanes) is 3. The van der Waals surface area contributed by atoms with Crippen LogP contribution < -0.4 is 10.5 Å². The molecule has 1 heterocycles. The molecule has 1 aromatic heterocycles. The van der Waals surface area contributed by atoms with Crippen LogP contribution in [0.15, 0.2) is 58.6 Å². The minimum Gasteiger partial charge on any atom is -0.325 e. The average Bonchev–Trinajstić information content (AvgIpc) is 3.19. The Morgan fingerprint density at radius 1 is 1.09 bits per heavy atom. The minimum atomic E-state index is -3.79. The highest BCUT2D eigenvalue weighted by molar-refractivity contribution is 8.00. The summed E-state index contributed by atoms with van der Waals surface area (Å²) < 4.78 is 24.9. The fourth-order valence-corrected chi connectivity index (χ4v) is 4.79. The van der Waals surface area contributed by atoms with E-state index in [0.29, 0.717) is 15.9 Å². The number of thioether (sulfide) groups is 1. The van der Waals surface area contributed by atoms with Crippen molar-refractivity contribution in [2.24, 2.45) is 5.14 Å². The Morgan fingerprint density at radius 3 is 2.38 bits per heavy atom. The molecule has 11 heteroatoms. The molecule has 0 aliphatic carbocycles. The SMILES string of the molecule is CCCCCCn1c(SC(C)C(=O)Nc2ccc(S(N)(=O)=O)cc2)nnc1-c1ccc(Cl)cc1. The number of hydrogen-bond donors (Lipinski definition) is 2. The van der Waals surface area contributed by atoms with Crippen molar-refractivity contribution in [3.8, 4) is 11.4 Å². The van der Waals surface area contributed by atoms with Gasteiger partial charge in [0.1, 0.15) is 0 Å². The van der Waals surface area contributed by atoms with Gasteiger partial charge >= 0.3 is 0 Å². The fourth-order valence-electron chi connectivity index (χ4n) is 3.27. The lowest BCUT2D eigenvalue weighted by Gasteiger charge is -2.14. The van der Waals surface area contributed by atoms with E-state index in [2.05, 4.69) is 22.4 Å². The Bertz CT molecular complexity index is 1210. The number of carbonyl (C=O) groups is 1. The van der Waals surface area contributed by atoms with Crippen LogP contribution >= 0.6 is 23.4 Å². The van der Waals surface area contributed by atoms with Crippen molar-refractivity contribution in [1.82, 2.24) is 14.8 Å². The molecule has 8 nitrogen and oxygen atoms in total. The lowest BCUT2D eigenvalue weighted by molar-refractivity contribution is -0.115. The molecule has 1 unspecified atom stereocenters. The van der Waals surface area contributed by atoms with Gasteiger partial charge in [-0.25, -0.2) is 13.6 Å². The monoisotopic (exact) mass is 521 g/mol. The molecule has 0 aliphatic heterocycles. The maximum atomic E-state index is 12.8. The molecule has 3 N–H and O–H groups in total. The van der Waals surface area contributed by atoms with E-state index in [0.717, 1.165) is 43.6 Å². The van der Waals surface area contributed by atoms with Gasteiger partial charge in [0.25, 0.3) is 0 Å². The molecule has 34 heavy (non-hydrogen) atoms. The second kappa shape index (κ2) is 11.8. The molecule has 0 saturated heterocycles. The highest BCUT2D eigenvalue weighted by Gasteiger charge is 2.21. The van der Waals surface area contributed by atoms with Crippen molar-refractivity contribution in [2.75, 3.05) is 5.32 Å². The van der Waals surface area contributed by atoms with Crippen molar-refractivity contribution in [3.63, 3.8) is 0 Å². The first-order chi connectivity index (χ1) is 16.2. The fraction of sp³-hybridized carbons (Fsp3) is 0.348. The Labute approximate surface area is 209 Å². The Morgan fingerprint density at radius 2 is 1.76 bits per heavy atom. The van der Waals surface area contributed by atoms with Crippen LogP contribution in [-0.4, -0.2) is 34.3 Å². The van der Waals surface area contributed by atoms with Gasteiger partial charge in [0.2, 0.25) is 15.9 Å². The van der Waals surface area contributed by atoms with Gasteiger partial charge in [-0.15, -0.1) is 10.2 Å². The molecule has 1 atom stereocenters. The molecular formula is C23H28ClN5O3S2. The third-order valence-corrected chi connectivity index (χ3v) is 7.42. The number of nitrogens with zero attached hydrogens (tertiary/aromatic N) is 3. The highest BCUT2D eigenvalue weighted by atomic mass is 35.5. The molecule has 0 fully saturated rings. The van der Waals surface area contributed by atoms with Crippen LogP contribution in [0.2, 0.25) is 5.02 Å². The second-order valence-corrected chi connectivity index (χ2v) is 11.1. The minimum absolute atomic E-state index is 0.0150. The smallest absolute Gasteiger partial charge is 0.238 e. The number of nitrogens with two attached hydrogens (primary N) is 1. The average molecular weight is 522 g/mol. The molecule has 1 amide bonds. The molecule has 3 rings (SSSR count). The number of rotatable bonds is 11. The van der Waals surface area contributed by atoms with Gasteiger partial charge in [-0.3, -0.25) is 4.79 Å². The highest BCUT2D eigenvalue weighted by Crippen LogP contribution is 2.29. The third-order valence-electron chi connectivity index (χ3n) is 5.16. The number of benzene rings is 2. The number of aromatic nitrogens is 3. The van der Waals surface area contributed by atoms with E-state index in [1.54, 1.807) is 6.92 Å². The van der Waals surface area contributed by atoms with Crippen molar-refractivity contribution < 1.29 is 13.2 Å². The maximum Gasteiger partial charge on any atom is 0.238 e. The van der Waals surface area contributed by atoms with E-state index in [9.17, 15) is 13.2 Å². The summed E-state index contributed by atoms with van der Waals surface area (Å²) in [6.45, 7) is 4.70. The zero-order valence-corrected chi connectivity index (χ0v) is 21.5. The van der Waals surface area contributed by atoms with Gasteiger partial charge in [0.05, 0.1) is 10.1 Å². The zero-order chi connectivity index (χ0) is 24.7. The van der Waals surface area contributed by atoms with Crippen molar-refractivity contribution in [3.05, 3.63) is 53.6 Å². The normalized spacial score (nSPS) is 12.5. The van der Waals surface area contributed by atoms with Crippen molar-refractivity contribution >= 4 is 45.0 Å². The molecule has 3 aromatic rings. The molecule has 0 spiro atoms. The van der Waals surface area contributed by atoms with Gasteiger partial charge in [-0.05, 0) is 61.9 Å². The number of sulfonamides is 1. The first kappa shape index (κ1) is 26.2. The lowest BCUT2D eigenvalue weighted by atomic mass is 10.2. The van der Waals surface area contributed by atoms with E-state index in [1.165, 1.54) is 36.0 Å². The van der Waals surface area contributed by atoms with Crippen LogP contribution in [0.5, 0.6) is 0 Å². The van der Waals surface area contributed by atoms with E-state index in [4.69, 9.17) is 16.7 Å². The molecule has 0 bridgehead atoms. The topological polar surface area (TPSA) is 120 Å². The standard InChI is InChI=1S/C23H28ClN5O3S2/c1-3-4-5-6-15-29-21(17-7-9-18(24)10-8-17)27-28-23(29)33-16(2)22(30)26-19-11-13-20(14-12-19)34(25,31)32/h7-14,16H,3-6,15H2,1-2H3,(H,26,30)(H2,25,31,32). The van der Waals surface area contributed by atoms with Crippen LogP contribution in [0.25, 0.3) is 11.4 Å². The second-order valence-electron chi connectivity index (χ2n) is 7.84. The molecule has 2 aromatic carbocycles. The van der Waals surface area contributed by atoms with E-state index < -0.39 is 15.3 Å². The van der Waals surface area contributed by atoms with Gasteiger partial charge in [-0.2, -0.15) is 0 Å². The van der Waals surface area contributed by atoms with Crippen LogP contribution in [0.4, 0.5) is 5.69 Å². The van der Waals surface area contributed by atoms with Gasteiger partial charge in [0.15, 0.2) is 11.0 Å². The lowest BCUT2D eigenvalue weighted by Crippen LogP contribution is -2.23. The first-order valence-electron chi connectivity index (χ1n) is 11.0. The Hall–Kier alpha value is -2.40. The quantitative estimate of drug-likeness (QED) is 0.272. The molecule has 182 valence electrons. The number of halogens is 1. The molecule has 0 aliphatic rings. The predicted octanol–water partition coefficient (Wildman–Crippen LogP) is 4.95. The Kier molecular flexibility index (Phi) is 9.12. The third kappa shape index (κ3) is 7.05. The largest absolute Gasteiger partial charge is 0.325 e. The zero-order valence-electron chi connectivity index (χ0n) is 19.1. The van der Waals surface area contributed by atoms with Gasteiger partial charge < -0.3 is 9.88 Å². The van der Waals surface area contributed by atoms with Crippen LogP contribution in [-0.2, 0) is 21.4 Å². The summed E-state index contributed by atoms with van der Waals surface area (Å²) >= 11 is 7.36. The molecule has 0 radical (unpaired) electrons. The summed E-state index contributed by atoms with van der Waals surface area (Å²) in [4.78, 5) is 12.8. The van der Waals surface area contributed by atoms with Gasteiger partial charge in [0, 0.05) is 22.8 Å². The number of amides is 1. The summed E-state index contributed by atoms with van der Waals surface area (Å²) in [6.07, 6.45) is 4.38. The number of nitrogens with one attached hydrogen (secondary N) is 1. The van der Waals surface area contributed by atoms with Crippen LogP contribution in [0.1, 0.15) is 39.5 Å². The number of primary sulfonamides is 1. The van der Waals surface area contributed by atoms with Crippen molar-refractivity contribution in [2.45, 2.75) is 61.4 Å².